The quantitative estimate of drug-likeness (QED) is 0.178. The van der Waals surface area contributed by atoms with Gasteiger partial charge in [0.25, 0.3) is 15.9 Å². The lowest BCUT2D eigenvalue weighted by Gasteiger charge is -2.07. The van der Waals surface area contributed by atoms with Crippen molar-refractivity contribution in [3.63, 3.8) is 0 Å². The molecule has 0 bridgehead atoms. The average Bonchev–Trinajstić information content (AvgIpc) is 3.78. The molecule has 3 aromatic heterocycles. The lowest BCUT2D eigenvalue weighted by Crippen LogP contribution is -2.11. The Morgan fingerprint density at radius 2 is 1.57 bits per heavy atom. The van der Waals surface area contributed by atoms with Crippen molar-refractivity contribution in [2.24, 2.45) is 0 Å². The Morgan fingerprint density at radius 3 is 2.32 bits per heavy atom. The van der Waals surface area contributed by atoms with Gasteiger partial charge in [-0.25, -0.2) is 12.4 Å². The second kappa shape index (κ2) is 10.7. The molecule has 0 radical (unpaired) electrons. The third-order valence-corrected chi connectivity index (χ3v) is 10.6. The van der Waals surface area contributed by atoms with Gasteiger partial charge in [-0.15, -0.1) is 0 Å². The van der Waals surface area contributed by atoms with Gasteiger partial charge in [0.15, 0.2) is 0 Å². The van der Waals surface area contributed by atoms with Crippen LogP contribution in [-0.4, -0.2) is 23.3 Å². The van der Waals surface area contributed by atoms with Gasteiger partial charge >= 0.3 is 0 Å². The molecule has 0 unspecified atom stereocenters. The predicted molar refractivity (Wildman–Crippen MR) is 187 cm³/mol. The number of rotatable bonds is 6. The van der Waals surface area contributed by atoms with Crippen molar-refractivity contribution in [1.82, 2.24) is 8.96 Å². The van der Waals surface area contributed by atoms with Crippen LogP contribution in [0.2, 0.25) is 0 Å². The number of aromatic nitrogens is 2. The molecule has 2 N–H and O–H groups in total. The number of carbonyl (C=O) groups is 1. The normalized spacial score (nSPS) is 13.9. The van der Waals surface area contributed by atoms with E-state index in [1.165, 1.54) is 3.97 Å². The van der Waals surface area contributed by atoms with Crippen LogP contribution in [0.1, 0.15) is 39.4 Å². The molecule has 4 aromatic carbocycles. The van der Waals surface area contributed by atoms with E-state index in [-0.39, 0.29) is 10.8 Å². The Labute approximate surface area is 272 Å². The van der Waals surface area contributed by atoms with Crippen LogP contribution >= 0.6 is 0 Å². The lowest BCUT2D eigenvalue weighted by atomic mass is 9.96. The molecule has 7 nitrogen and oxygen atoms in total. The molecule has 232 valence electrons. The van der Waals surface area contributed by atoms with Crippen molar-refractivity contribution in [1.29, 1.82) is 0 Å². The molecule has 47 heavy (non-hydrogen) atoms. The molecule has 1 amide bonds. The zero-order chi connectivity index (χ0) is 32.4. The summed E-state index contributed by atoms with van der Waals surface area (Å²) in [6.07, 6.45) is 4.09. The van der Waals surface area contributed by atoms with Crippen LogP contribution in [0.3, 0.4) is 0 Å². The average molecular weight is 638 g/mol. The van der Waals surface area contributed by atoms with Crippen LogP contribution in [-0.2, 0) is 21.2 Å². The Hall–Kier alpha value is -5.60. The standard InChI is InChI=1S/C39H31N3O4S/c1-23-13-15-27(16-14-23)47(44,45)42-22-32(28-11-7-8-12-35(28)42)38-31-19-29-30(20-33-24(2)17-25(3)40-33)39(43)41-34(29)21-36(31)46-37(38)18-26-9-5-4-6-10-26/h4-17,19-22,40H,18H2,1-3H3,(H,41,43)/b30-20-. The molecule has 1 aliphatic rings. The summed E-state index contributed by atoms with van der Waals surface area (Å²) in [5.41, 5.74) is 9.67. The minimum absolute atomic E-state index is 0.189. The highest BCUT2D eigenvalue weighted by Gasteiger charge is 2.30. The number of benzene rings is 4. The van der Waals surface area contributed by atoms with Gasteiger partial charge in [-0.2, -0.15) is 0 Å². The monoisotopic (exact) mass is 637 g/mol. The van der Waals surface area contributed by atoms with Gasteiger partial charge in [-0.3, -0.25) is 4.79 Å². The summed E-state index contributed by atoms with van der Waals surface area (Å²) in [5.74, 6) is 0.518. The molecule has 0 atom stereocenters. The van der Waals surface area contributed by atoms with E-state index in [0.717, 1.165) is 55.5 Å². The Bertz CT molecular complexity index is 2510. The molecular formula is C39H31N3O4S. The topological polar surface area (TPSA) is 97.1 Å². The molecule has 0 fully saturated rings. The molecule has 0 saturated carbocycles. The predicted octanol–water partition coefficient (Wildman–Crippen LogP) is 8.63. The molecule has 0 saturated heterocycles. The number of furan rings is 1. The van der Waals surface area contributed by atoms with Crippen LogP contribution in [0.4, 0.5) is 5.69 Å². The van der Waals surface area contributed by atoms with Gasteiger partial charge in [0.05, 0.1) is 21.7 Å². The number of hydrogen-bond acceptors (Lipinski definition) is 4. The van der Waals surface area contributed by atoms with Gasteiger partial charge in [-0.05, 0) is 68.3 Å². The number of anilines is 1. The summed E-state index contributed by atoms with van der Waals surface area (Å²) in [6.45, 7) is 5.93. The zero-order valence-electron chi connectivity index (χ0n) is 26.1. The summed E-state index contributed by atoms with van der Waals surface area (Å²) in [7, 11) is -3.92. The number of aromatic amines is 1. The summed E-state index contributed by atoms with van der Waals surface area (Å²) in [4.78, 5) is 16.8. The van der Waals surface area contributed by atoms with Crippen LogP contribution in [0.5, 0.6) is 0 Å². The Balaban J connectivity index is 1.38. The maximum absolute atomic E-state index is 14.1. The first kappa shape index (κ1) is 28.8. The molecular weight excluding hydrogens is 607 g/mol. The smallest absolute Gasteiger partial charge is 0.268 e. The van der Waals surface area contributed by atoms with E-state index >= 15 is 0 Å². The number of H-pyrrole nitrogens is 1. The fourth-order valence-electron chi connectivity index (χ4n) is 6.59. The van der Waals surface area contributed by atoms with Crippen LogP contribution in [0, 0.1) is 20.8 Å². The number of carbonyl (C=O) groups excluding carboxylic acids is 1. The number of fused-ring (bicyclic) bond motifs is 3. The number of hydrogen-bond donors (Lipinski definition) is 2. The van der Waals surface area contributed by atoms with E-state index in [9.17, 15) is 13.2 Å². The largest absolute Gasteiger partial charge is 0.460 e. The van der Waals surface area contributed by atoms with E-state index in [4.69, 9.17) is 4.42 Å². The second-order valence-electron chi connectivity index (χ2n) is 12.2. The van der Waals surface area contributed by atoms with E-state index in [1.807, 2.05) is 99.6 Å². The Morgan fingerprint density at radius 1 is 0.830 bits per heavy atom. The van der Waals surface area contributed by atoms with E-state index in [2.05, 4.69) is 10.3 Å². The first-order chi connectivity index (χ1) is 22.7. The molecule has 8 rings (SSSR count). The fraction of sp³-hybridized carbons (Fsp3) is 0.103. The van der Waals surface area contributed by atoms with Gasteiger partial charge in [0.2, 0.25) is 0 Å². The van der Waals surface area contributed by atoms with E-state index < -0.39 is 10.0 Å². The molecule has 0 spiro atoms. The molecule has 7 aromatic rings. The summed E-state index contributed by atoms with van der Waals surface area (Å²) in [5, 5.41) is 4.59. The van der Waals surface area contributed by atoms with Gasteiger partial charge in [0, 0.05) is 57.5 Å². The number of amides is 1. The van der Waals surface area contributed by atoms with E-state index in [1.54, 1.807) is 30.5 Å². The second-order valence-corrected chi connectivity index (χ2v) is 14.0. The number of nitrogens with zero attached hydrogens (tertiary/aromatic N) is 1. The number of nitrogens with one attached hydrogen (secondary N) is 2. The minimum atomic E-state index is -3.92. The molecule has 4 heterocycles. The summed E-state index contributed by atoms with van der Waals surface area (Å²) >= 11 is 0. The summed E-state index contributed by atoms with van der Waals surface area (Å²) < 4.78 is 36.2. The van der Waals surface area contributed by atoms with Crippen LogP contribution < -0.4 is 5.32 Å². The maximum Gasteiger partial charge on any atom is 0.268 e. The maximum atomic E-state index is 14.1. The zero-order valence-corrected chi connectivity index (χ0v) is 26.9. The summed E-state index contributed by atoms with van der Waals surface area (Å²) in [6, 6.07) is 30.4. The SMILES string of the molecule is Cc1ccc(S(=O)(=O)n2cc(-c3c(Cc4ccccc4)oc4cc5c(cc34)/C(=C/c3[nH]c(C)cc3C)C(=O)N5)c3ccccc32)cc1. The van der Waals surface area contributed by atoms with Crippen molar-refractivity contribution >= 4 is 55.1 Å². The highest BCUT2D eigenvalue weighted by Crippen LogP contribution is 2.45. The fourth-order valence-corrected chi connectivity index (χ4v) is 7.96. The van der Waals surface area contributed by atoms with Crippen molar-refractivity contribution < 1.29 is 17.6 Å². The van der Waals surface area contributed by atoms with Gasteiger partial charge in [0.1, 0.15) is 11.3 Å². The third kappa shape index (κ3) is 4.80. The first-order valence-corrected chi connectivity index (χ1v) is 16.9. The van der Waals surface area contributed by atoms with Crippen molar-refractivity contribution in [2.75, 3.05) is 5.32 Å². The van der Waals surface area contributed by atoms with Crippen LogP contribution in [0.25, 0.3) is 44.6 Å². The number of aryl methyl sites for hydroxylation is 3. The van der Waals surface area contributed by atoms with Crippen molar-refractivity contribution in [3.8, 4) is 11.1 Å². The molecule has 0 aliphatic carbocycles. The van der Waals surface area contributed by atoms with Gasteiger partial charge in [-0.1, -0.05) is 66.2 Å². The Kier molecular flexibility index (Phi) is 6.59. The van der Waals surface area contributed by atoms with Crippen molar-refractivity contribution in [3.05, 3.63) is 143 Å². The molecule has 8 heteroatoms. The highest BCUT2D eigenvalue weighted by atomic mass is 32.2. The minimum Gasteiger partial charge on any atom is -0.460 e. The highest BCUT2D eigenvalue weighted by molar-refractivity contribution is 7.90. The number of para-hydroxylation sites is 1. The van der Waals surface area contributed by atoms with Crippen LogP contribution in [0.15, 0.2) is 113 Å². The third-order valence-electron chi connectivity index (χ3n) is 8.90. The first-order valence-electron chi connectivity index (χ1n) is 15.4. The van der Waals surface area contributed by atoms with Crippen molar-refractivity contribution in [2.45, 2.75) is 32.1 Å². The van der Waals surface area contributed by atoms with Gasteiger partial charge < -0.3 is 14.7 Å². The van der Waals surface area contributed by atoms with E-state index in [0.29, 0.717) is 34.5 Å². The molecule has 1 aliphatic heterocycles. The lowest BCUT2D eigenvalue weighted by molar-refractivity contribution is -0.110.